The molecule has 6 atom stereocenters. The third-order valence-electron chi connectivity index (χ3n) is 7.36. The smallest absolute Gasteiger partial charge is 0.127 e. The Labute approximate surface area is 173 Å². The number of benzene rings is 2. The Hall–Kier alpha value is -1.84. The molecule has 2 aromatic rings. The van der Waals surface area contributed by atoms with Crippen LogP contribution in [0.2, 0.25) is 0 Å². The fourth-order valence-corrected chi connectivity index (χ4v) is 5.53. The van der Waals surface area contributed by atoms with Gasteiger partial charge in [0.1, 0.15) is 11.5 Å². The Morgan fingerprint density at radius 1 is 0.586 bits per heavy atom. The molecule has 0 amide bonds. The van der Waals surface area contributed by atoms with Gasteiger partial charge in [0.2, 0.25) is 0 Å². The number of hydrogen-bond acceptors (Lipinski definition) is 3. The Kier molecular flexibility index (Phi) is 4.61. The lowest BCUT2D eigenvalue weighted by atomic mass is 9.85. The van der Waals surface area contributed by atoms with E-state index < -0.39 is 0 Å². The van der Waals surface area contributed by atoms with Crippen LogP contribution >= 0.6 is 0 Å². The third-order valence-corrected chi connectivity index (χ3v) is 7.36. The Bertz CT molecular complexity index is 772. The summed E-state index contributed by atoms with van der Waals surface area (Å²) < 4.78 is 17.4. The molecule has 2 aliphatic heterocycles. The predicted octanol–water partition coefficient (Wildman–Crippen LogP) is 5.70. The van der Waals surface area contributed by atoms with Gasteiger partial charge in [0.05, 0.1) is 24.4 Å². The van der Waals surface area contributed by atoms with Gasteiger partial charge in [0.25, 0.3) is 0 Å². The molecule has 152 valence electrons. The van der Waals surface area contributed by atoms with E-state index in [1.165, 1.54) is 49.7 Å². The molecule has 2 aliphatic carbocycles. The average molecular weight is 391 g/mol. The van der Waals surface area contributed by atoms with Crippen LogP contribution in [0.5, 0.6) is 11.5 Å². The van der Waals surface area contributed by atoms with E-state index in [9.17, 15) is 0 Å². The molecule has 6 rings (SSSR count). The van der Waals surface area contributed by atoms with Crippen LogP contribution in [-0.2, 0) is 22.3 Å². The SMILES string of the molecule is c1cc(Oc2ccc(CC3CCC4OC4C3)cc2)ccc1CC1CCC2OC2C1. The van der Waals surface area contributed by atoms with Crippen LogP contribution in [0.3, 0.4) is 0 Å². The van der Waals surface area contributed by atoms with E-state index in [4.69, 9.17) is 14.2 Å². The van der Waals surface area contributed by atoms with Gasteiger partial charge in [-0.3, -0.25) is 0 Å². The molecule has 2 aromatic carbocycles. The molecule has 3 heteroatoms. The van der Waals surface area contributed by atoms with Crippen LogP contribution in [0.4, 0.5) is 0 Å². The van der Waals surface area contributed by atoms with E-state index in [0.29, 0.717) is 24.4 Å². The lowest BCUT2D eigenvalue weighted by molar-refractivity contribution is 0.360. The molecule has 2 saturated carbocycles. The number of fused-ring (bicyclic) bond motifs is 2. The van der Waals surface area contributed by atoms with E-state index in [0.717, 1.165) is 36.2 Å². The lowest BCUT2D eigenvalue weighted by Gasteiger charge is -2.19. The average Bonchev–Trinajstić information content (AvgIpc) is 3.65. The predicted molar refractivity (Wildman–Crippen MR) is 112 cm³/mol. The van der Waals surface area contributed by atoms with Crippen molar-refractivity contribution in [3.63, 3.8) is 0 Å². The first-order valence-corrected chi connectivity index (χ1v) is 11.5. The molecule has 6 unspecified atom stereocenters. The van der Waals surface area contributed by atoms with Crippen molar-refractivity contribution in [2.24, 2.45) is 11.8 Å². The van der Waals surface area contributed by atoms with Gasteiger partial charge < -0.3 is 14.2 Å². The summed E-state index contributed by atoms with van der Waals surface area (Å²) >= 11 is 0. The molecule has 0 bridgehead atoms. The van der Waals surface area contributed by atoms with Crippen molar-refractivity contribution in [1.29, 1.82) is 0 Å². The van der Waals surface area contributed by atoms with Crippen LogP contribution < -0.4 is 4.74 Å². The van der Waals surface area contributed by atoms with Gasteiger partial charge in [-0.2, -0.15) is 0 Å². The quantitative estimate of drug-likeness (QED) is 0.594. The highest BCUT2D eigenvalue weighted by Gasteiger charge is 2.44. The van der Waals surface area contributed by atoms with Crippen molar-refractivity contribution in [2.45, 2.75) is 75.8 Å². The van der Waals surface area contributed by atoms with E-state index in [1.807, 2.05) is 0 Å². The molecule has 0 spiro atoms. The zero-order valence-corrected chi connectivity index (χ0v) is 17.0. The molecule has 3 nitrogen and oxygen atoms in total. The zero-order chi connectivity index (χ0) is 19.2. The van der Waals surface area contributed by atoms with E-state index in [2.05, 4.69) is 48.5 Å². The number of hydrogen-bond donors (Lipinski definition) is 0. The second-order valence-corrected chi connectivity index (χ2v) is 9.58. The molecule has 2 heterocycles. The van der Waals surface area contributed by atoms with Gasteiger partial charge >= 0.3 is 0 Å². The monoisotopic (exact) mass is 390 g/mol. The van der Waals surface area contributed by atoms with Crippen molar-refractivity contribution >= 4 is 0 Å². The minimum atomic E-state index is 0.566. The maximum Gasteiger partial charge on any atom is 0.127 e. The van der Waals surface area contributed by atoms with Gasteiger partial charge in [0, 0.05) is 0 Å². The Morgan fingerprint density at radius 2 is 1.03 bits per heavy atom. The molecule has 29 heavy (non-hydrogen) atoms. The normalized spacial score (nSPS) is 34.8. The molecule has 4 aliphatic rings. The van der Waals surface area contributed by atoms with Gasteiger partial charge in [0.15, 0.2) is 0 Å². The van der Waals surface area contributed by atoms with Crippen molar-refractivity contribution in [2.75, 3.05) is 0 Å². The number of epoxide rings is 2. The Balaban J connectivity index is 1.02. The van der Waals surface area contributed by atoms with E-state index >= 15 is 0 Å². The summed E-state index contributed by atoms with van der Waals surface area (Å²) in [6.07, 6.45) is 12.2. The summed E-state index contributed by atoms with van der Waals surface area (Å²) in [6.45, 7) is 0. The van der Waals surface area contributed by atoms with Crippen molar-refractivity contribution in [1.82, 2.24) is 0 Å². The highest BCUT2D eigenvalue weighted by Crippen LogP contribution is 2.41. The van der Waals surface area contributed by atoms with Gasteiger partial charge in [-0.05, 0) is 98.6 Å². The Morgan fingerprint density at radius 3 is 1.45 bits per heavy atom. The number of rotatable bonds is 6. The van der Waals surface area contributed by atoms with Gasteiger partial charge in [-0.15, -0.1) is 0 Å². The van der Waals surface area contributed by atoms with Crippen LogP contribution in [-0.4, -0.2) is 24.4 Å². The van der Waals surface area contributed by atoms with Crippen molar-refractivity contribution < 1.29 is 14.2 Å². The van der Waals surface area contributed by atoms with E-state index in [1.54, 1.807) is 0 Å². The van der Waals surface area contributed by atoms with Crippen molar-refractivity contribution in [3.8, 4) is 11.5 Å². The van der Waals surface area contributed by atoms with E-state index in [-0.39, 0.29) is 0 Å². The first kappa shape index (κ1) is 18.0. The molecular formula is C26H30O3. The molecule has 2 saturated heterocycles. The fourth-order valence-electron chi connectivity index (χ4n) is 5.53. The minimum absolute atomic E-state index is 0.566. The van der Waals surface area contributed by atoms with Crippen LogP contribution in [0.25, 0.3) is 0 Å². The summed E-state index contributed by atoms with van der Waals surface area (Å²) in [7, 11) is 0. The summed E-state index contributed by atoms with van der Waals surface area (Å²) in [5, 5.41) is 0. The maximum atomic E-state index is 6.08. The molecule has 0 N–H and O–H groups in total. The first-order chi connectivity index (χ1) is 14.3. The van der Waals surface area contributed by atoms with Crippen LogP contribution in [0, 0.1) is 11.8 Å². The van der Waals surface area contributed by atoms with Crippen LogP contribution in [0.15, 0.2) is 48.5 Å². The van der Waals surface area contributed by atoms with Crippen molar-refractivity contribution in [3.05, 3.63) is 59.7 Å². The number of ether oxygens (including phenoxy) is 3. The van der Waals surface area contributed by atoms with Gasteiger partial charge in [-0.25, -0.2) is 0 Å². The fraction of sp³-hybridized carbons (Fsp3) is 0.538. The third kappa shape index (κ3) is 4.22. The maximum absolute atomic E-state index is 6.08. The van der Waals surface area contributed by atoms with Gasteiger partial charge in [-0.1, -0.05) is 24.3 Å². The zero-order valence-electron chi connectivity index (χ0n) is 17.0. The minimum Gasteiger partial charge on any atom is -0.457 e. The summed E-state index contributed by atoms with van der Waals surface area (Å²) in [5.41, 5.74) is 2.82. The molecule has 4 fully saturated rings. The van der Waals surface area contributed by atoms with Crippen LogP contribution in [0.1, 0.15) is 49.7 Å². The standard InChI is InChI=1S/C26H30O3/c1-7-21(8-2-17(1)13-19-5-11-23-25(15-19)28-23)27-22-9-3-18(4-10-22)14-20-6-12-24-26(16-20)29-24/h1-4,7-10,19-20,23-26H,5-6,11-16H2. The largest absolute Gasteiger partial charge is 0.457 e. The summed E-state index contributed by atoms with van der Waals surface area (Å²) in [4.78, 5) is 0. The summed E-state index contributed by atoms with van der Waals surface area (Å²) in [6, 6.07) is 17.3. The lowest BCUT2D eigenvalue weighted by Crippen LogP contribution is -2.15. The molecule has 0 radical (unpaired) electrons. The second kappa shape index (κ2) is 7.45. The summed E-state index contributed by atoms with van der Waals surface area (Å²) in [5.74, 6) is 3.39. The highest BCUT2D eigenvalue weighted by molar-refractivity contribution is 5.35. The second-order valence-electron chi connectivity index (χ2n) is 9.58. The highest BCUT2D eigenvalue weighted by atomic mass is 16.6. The first-order valence-electron chi connectivity index (χ1n) is 11.5. The molecule has 0 aromatic heterocycles. The topological polar surface area (TPSA) is 34.3 Å². The molecular weight excluding hydrogens is 360 g/mol.